The number of ketones is 1. The first-order valence-electron chi connectivity index (χ1n) is 4.16. The van der Waals surface area contributed by atoms with Crippen molar-refractivity contribution >= 4 is 11.9 Å². The van der Waals surface area contributed by atoms with Gasteiger partial charge in [-0.2, -0.15) is 0 Å². The summed E-state index contributed by atoms with van der Waals surface area (Å²) in [5.41, 5.74) is 1.37. The molecule has 74 valence electrons. The smallest absolute Gasteiger partial charge is 0.404 e. The fraction of sp³-hybridized carbons (Fsp3) is 0.200. The fourth-order valence-corrected chi connectivity index (χ4v) is 1.08. The predicted molar refractivity (Wildman–Crippen MR) is 51.3 cm³/mol. The molecular formula is C10H11NO3. The predicted octanol–water partition coefficient (Wildman–Crippen LogP) is 1.66. The van der Waals surface area contributed by atoms with Crippen molar-refractivity contribution in [2.45, 2.75) is 13.5 Å². The second-order valence-corrected chi connectivity index (χ2v) is 2.92. The number of hydrogen-bond donors (Lipinski definition) is 2. The second kappa shape index (κ2) is 4.41. The lowest BCUT2D eigenvalue weighted by molar-refractivity contribution is 0.101. The molecule has 0 bridgehead atoms. The third kappa shape index (κ3) is 2.90. The van der Waals surface area contributed by atoms with E-state index in [2.05, 4.69) is 5.32 Å². The minimum Gasteiger partial charge on any atom is -0.465 e. The zero-order valence-electron chi connectivity index (χ0n) is 7.78. The Hall–Kier alpha value is -1.84. The van der Waals surface area contributed by atoms with E-state index in [4.69, 9.17) is 5.11 Å². The summed E-state index contributed by atoms with van der Waals surface area (Å²) < 4.78 is 0. The van der Waals surface area contributed by atoms with Crippen molar-refractivity contribution < 1.29 is 14.7 Å². The first-order chi connectivity index (χ1) is 6.59. The number of Topliss-reactive ketones (excluding diaryl/α,β-unsaturated/α-hetero) is 1. The van der Waals surface area contributed by atoms with Crippen LogP contribution in [0.15, 0.2) is 24.3 Å². The van der Waals surface area contributed by atoms with E-state index in [1.807, 2.05) is 0 Å². The molecule has 2 N–H and O–H groups in total. The van der Waals surface area contributed by atoms with E-state index in [1.54, 1.807) is 24.3 Å². The van der Waals surface area contributed by atoms with Gasteiger partial charge in [-0.3, -0.25) is 4.79 Å². The van der Waals surface area contributed by atoms with Crippen LogP contribution < -0.4 is 5.32 Å². The van der Waals surface area contributed by atoms with Crippen molar-refractivity contribution in [3.63, 3.8) is 0 Å². The fourth-order valence-electron chi connectivity index (χ4n) is 1.08. The summed E-state index contributed by atoms with van der Waals surface area (Å²) in [6.07, 6.45) is -1.07. The largest absolute Gasteiger partial charge is 0.465 e. The van der Waals surface area contributed by atoms with Gasteiger partial charge in [0.25, 0.3) is 0 Å². The summed E-state index contributed by atoms with van der Waals surface area (Å²) >= 11 is 0. The molecule has 0 atom stereocenters. The summed E-state index contributed by atoms with van der Waals surface area (Å²) in [6, 6.07) is 6.88. The van der Waals surface area contributed by atoms with Crippen molar-refractivity contribution in [2.24, 2.45) is 0 Å². The van der Waals surface area contributed by atoms with E-state index < -0.39 is 6.09 Å². The average Bonchev–Trinajstić information content (AvgIpc) is 2.15. The zero-order valence-corrected chi connectivity index (χ0v) is 7.78. The molecule has 0 heterocycles. The molecule has 1 amide bonds. The lowest BCUT2D eigenvalue weighted by Crippen LogP contribution is -2.19. The van der Waals surface area contributed by atoms with Gasteiger partial charge in [-0.1, -0.05) is 18.2 Å². The van der Waals surface area contributed by atoms with Gasteiger partial charge in [0.05, 0.1) is 0 Å². The monoisotopic (exact) mass is 193 g/mol. The molecule has 0 saturated heterocycles. The van der Waals surface area contributed by atoms with Gasteiger partial charge in [-0.15, -0.1) is 0 Å². The Morgan fingerprint density at radius 1 is 1.43 bits per heavy atom. The van der Waals surface area contributed by atoms with Crippen LogP contribution in [0.25, 0.3) is 0 Å². The van der Waals surface area contributed by atoms with Crippen LogP contribution in [-0.4, -0.2) is 17.0 Å². The molecule has 0 spiro atoms. The van der Waals surface area contributed by atoms with Crippen LogP contribution in [0, 0.1) is 0 Å². The van der Waals surface area contributed by atoms with E-state index in [9.17, 15) is 9.59 Å². The van der Waals surface area contributed by atoms with Crippen molar-refractivity contribution in [2.75, 3.05) is 0 Å². The summed E-state index contributed by atoms with van der Waals surface area (Å²) in [5.74, 6) is -0.0258. The molecule has 0 aromatic heterocycles. The Kier molecular flexibility index (Phi) is 3.23. The Morgan fingerprint density at radius 3 is 2.71 bits per heavy atom. The molecule has 0 fully saturated rings. The number of carbonyl (C=O) groups excluding carboxylic acids is 1. The van der Waals surface area contributed by atoms with Crippen LogP contribution in [0.1, 0.15) is 22.8 Å². The number of carboxylic acid groups (broad SMARTS) is 1. The van der Waals surface area contributed by atoms with Crippen LogP contribution in [0.5, 0.6) is 0 Å². The highest BCUT2D eigenvalue weighted by Gasteiger charge is 2.01. The Balaban J connectivity index is 2.73. The maximum atomic E-state index is 11.0. The minimum absolute atomic E-state index is 0.0258. The van der Waals surface area contributed by atoms with Gasteiger partial charge in [-0.05, 0) is 18.6 Å². The molecule has 1 rings (SSSR count). The summed E-state index contributed by atoms with van der Waals surface area (Å²) in [6.45, 7) is 1.69. The van der Waals surface area contributed by atoms with Crippen molar-refractivity contribution in [1.82, 2.24) is 5.32 Å². The number of benzene rings is 1. The van der Waals surface area contributed by atoms with Gasteiger partial charge in [0.15, 0.2) is 5.78 Å². The van der Waals surface area contributed by atoms with Crippen LogP contribution in [-0.2, 0) is 6.54 Å². The molecule has 14 heavy (non-hydrogen) atoms. The zero-order chi connectivity index (χ0) is 10.6. The maximum absolute atomic E-state index is 11.0. The maximum Gasteiger partial charge on any atom is 0.404 e. The molecule has 0 aliphatic carbocycles. The van der Waals surface area contributed by atoms with Crippen LogP contribution in [0.4, 0.5) is 4.79 Å². The van der Waals surface area contributed by atoms with E-state index in [1.165, 1.54) is 6.92 Å². The quantitative estimate of drug-likeness (QED) is 0.717. The van der Waals surface area contributed by atoms with E-state index in [-0.39, 0.29) is 12.3 Å². The number of nitrogens with one attached hydrogen (secondary N) is 1. The van der Waals surface area contributed by atoms with Crippen LogP contribution >= 0.6 is 0 Å². The third-order valence-electron chi connectivity index (χ3n) is 1.78. The van der Waals surface area contributed by atoms with Gasteiger partial charge in [0, 0.05) is 12.1 Å². The molecule has 0 aliphatic heterocycles. The highest BCUT2D eigenvalue weighted by Crippen LogP contribution is 2.05. The van der Waals surface area contributed by atoms with Gasteiger partial charge in [0.1, 0.15) is 0 Å². The highest BCUT2D eigenvalue weighted by molar-refractivity contribution is 5.94. The number of rotatable bonds is 3. The Bertz CT molecular complexity index is 360. The van der Waals surface area contributed by atoms with Gasteiger partial charge in [0.2, 0.25) is 0 Å². The number of amides is 1. The molecule has 0 aliphatic rings. The average molecular weight is 193 g/mol. The van der Waals surface area contributed by atoms with Crippen molar-refractivity contribution in [3.8, 4) is 0 Å². The third-order valence-corrected chi connectivity index (χ3v) is 1.78. The number of hydrogen-bond acceptors (Lipinski definition) is 2. The van der Waals surface area contributed by atoms with Crippen LogP contribution in [0.3, 0.4) is 0 Å². The number of carbonyl (C=O) groups is 2. The minimum atomic E-state index is -1.07. The topological polar surface area (TPSA) is 66.4 Å². The van der Waals surface area contributed by atoms with Crippen molar-refractivity contribution in [1.29, 1.82) is 0 Å². The molecule has 4 nitrogen and oxygen atoms in total. The molecule has 4 heteroatoms. The van der Waals surface area contributed by atoms with E-state index in [0.717, 1.165) is 5.56 Å². The molecule has 1 aromatic rings. The summed E-state index contributed by atoms with van der Waals surface area (Å²) in [4.78, 5) is 21.2. The van der Waals surface area contributed by atoms with E-state index in [0.29, 0.717) is 5.56 Å². The van der Waals surface area contributed by atoms with Gasteiger partial charge < -0.3 is 10.4 Å². The van der Waals surface area contributed by atoms with Crippen molar-refractivity contribution in [3.05, 3.63) is 35.4 Å². The lowest BCUT2D eigenvalue weighted by Gasteiger charge is -2.02. The lowest BCUT2D eigenvalue weighted by atomic mass is 10.1. The first kappa shape index (κ1) is 10.2. The first-order valence-corrected chi connectivity index (χ1v) is 4.16. The normalized spacial score (nSPS) is 9.50. The van der Waals surface area contributed by atoms with E-state index >= 15 is 0 Å². The molecule has 0 unspecified atom stereocenters. The van der Waals surface area contributed by atoms with Gasteiger partial charge in [-0.25, -0.2) is 4.79 Å². The second-order valence-electron chi connectivity index (χ2n) is 2.92. The Morgan fingerprint density at radius 2 is 2.14 bits per heavy atom. The SMILES string of the molecule is CC(=O)c1cccc(CNC(=O)O)c1. The standard InChI is InChI=1S/C10H11NO3/c1-7(12)9-4-2-3-8(5-9)6-11-10(13)14/h2-5,11H,6H2,1H3,(H,13,14). The highest BCUT2D eigenvalue weighted by atomic mass is 16.4. The summed E-state index contributed by atoms with van der Waals surface area (Å²) in [7, 11) is 0. The van der Waals surface area contributed by atoms with Gasteiger partial charge >= 0.3 is 6.09 Å². The molecule has 1 aromatic carbocycles. The van der Waals surface area contributed by atoms with Crippen LogP contribution in [0.2, 0.25) is 0 Å². The molecule has 0 saturated carbocycles. The summed E-state index contributed by atoms with van der Waals surface area (Å²) in [5, 5.41) is 10.6. The Labute approximate surface area is 81.6 Å². The molecule has 0 radical (unpaired) electrons. The molecular weight excluding hydrogens is 182 g/mol.